The van der Waals surface area contributed by atoms with E-state index in [-0.39, 0.29) is 12.3 Å². The highest BCUT2D eigenvalue weighted by atomic mass is 16.5. The maximum atomic E-state index is 12.4. The number of aromatic nitrogens is 1. The number of pyridine rings is 1. The molecule has 5 nitrogen and oxygen atoms in total. The summed E-state index contributed by atoms with van der Waals surface area (Å²) >= 11 is 0. The van der Waals surface area contributed by atoms with Gasteiger partial charge in [0.25, 0.3) is 0 Å². The Balaban J connectivity index is 2.19. The lowest BCUT2D eigenvalue weighted by atomic mass is 9.86. The van der Waals surface area contributed by atoms with Gasteiger partial charge in [0.05, 0.1) is 19.0 Å². The van der Waals surface area contributed by atoms with Gasteiger partial charge in [0.15, 0.2) is 0 Å². The van der Waals surface area contributed by atoms with E-state index >= 15 is 0 Å². The van der Waals surface area contributed by atoms with E-state index in [1.54, 1.807) is 6.20 Å². The van der Waals surface area contributed by atoms with E-state index in [2.05, 4.69) is 10.3 Å². The van der Waals surface area contributed by atoms with Gasteiger partial charge in [-0.15, -0.1) is 0 Å². The Hall–Kier alpha value is -2.43. The average molecular weight is 314 g/mol. The maximum absolute atomic E-state index is 12.4. The lowest BCUT2D eigenvalue weighted by Crippen LogP contribution is -2.50. The molecule has 0 aliphatic carbocycles. The lowest BCUT2D eigenvalue weighted by Gasteiger charge is -2.29. The zero-order chi connectivity index (χ0) is 17.0. The molecule has 1 heterocycles. The number of carbonyl (C=O) groups excluding carboxylic acids is 2. The van der Waals surface area contributed by atoms with Gasteiger partial charge in [0.1, 0.15) is 6.04 Å². The molecule has 2 rings (SSSR count). The molecular weight excluding hydrogens is 292 g/mol. The molecule has 1 aromatic carbocycles. The van der Waals surface area contributed by atoms with Crippen molar-refractivity contribution in [2.75, 3.05) is 7.11 Å². The Kier molecular flexibility index (Phi) is 4.98. The van der Waals surface area contributed by atoms with Crippen LogP contribution in [0.2, 0.25) is 0 Å². The number of fused-ring (bicyclic) bond motifs is 1. The Morgan fingerprint density at radius 1 is 1.22 bits per heavy atom. The summed E-state index contributed by atoms with van der Waals surface area (Å²) in [4.78, 5) is 28.6. The van der Waals surface area contributed by atoms with Crippen LogP contribution in [0.4, 0.5) is 0 Å². The summed E-state index contributed by atoms with van der Waals surface area (Å²) in [6.07, 6.45) is 1.87. The molecule has 0 aliphatic heterocycles. The number of rotatable bonds is 4. The van der Waals surface area contributed by atoms with Crippen molar-refractivity contribution in [1.82, 2.24) is 10.3 Å². The second-order valence-corrected chi connectivity index (χ2v) is 6.56. The molecule has 122 valence electrons. The van der Waals surface area contributed by atoms with E-state index in [0.717, 1.165) is 16.5 Å². The number of benzene rings is 1. The fourth-order valence-electron chi connectivity index (χ4n) is 2.44. The van der Waals surface area contributed by atoms with Gasteiger partial charge < -0.3 is 10.1 Å². The molecule has 5 heteroatoms. The third-order valence-electron chi connectivity index (χ3n) is 3.68. The lowest BCUT2D eigenvalue weighted by molar-refractivity contribution is -0.148. The van der Waals surface area contributed by atoms with E-state index in [0.29, 0.717) is 0 Å². The SMILES string of the molecule is COC(=O)[C@@H](NC(=O)Cc1cccc2cccnc12)C(C)(C)C. The van der Waals surface area contributed by atoms with Gasteiger partial charge in [0, 0.05) is 11.6 Å². The summed E-state index contributed by atoms with van der Waals surface area (Å²) in [5.41, 5.74) is 1.20. The predicted molar refractivity (Wildman–Crippen MR) is 88.8 cm³/mol. The van der Waals surface area contributed by atoms with E-state index in [9.17, 15) is 9.59 Å². The summed E-state index contributed by atoms with van der Waals surface area (Å²) in [5, 5.41) is 3.76. The fraction of sp³-hybridized carbons (Fsp3) is 0.389. The zero-order valence-electron chi connectivity index (χ0n) is 13.9. The van der Waals surface area contributed by atoms with Crippen LogP contribution < -0.4 is 5.32 Å². The molecule has 0 bridgehead atoms. The average Bonchev–Trinajstić information content (AvgIpc) is 2.51. The van der Waals surface area contributed by atoms with E-state index in [4.69, 9.17) is 4.74 Å². The summed E-state index contributed by atoms with van der Waals surface area (Å²) in [5.74, 6) is -0.671. The first-order valence-corrected chi connectivity index (χ1v) is 7.52. The Morgan fingerprint density at radius 3 is 2.57 bits per heavy atom. The molecule has 0 spiro atoms. The van der Waals surface area contributed by atoms with Gasteiger partial charge in [-0.1, -0.05) is 45.0 Å². The molecule has 1 N–H and O–H groups in total. The Morgan fingerprint density at radius 2 is 1.91 bits per heavy atom. The van der Waals surface area contributed by atoms with Crippen molar-refractivity contribution in [3.63, 3.8) is 0 Å². The van der Waals surface area contributed by atoms with E-state index in [1.807, 2.05) is 51.1 Å². The molecule has 1 amide bonds. The number of nitrogens with zero attached hydrogens (tertiary/aromatic N) is 1. The largest absolute Gasteiger partial charge is 0.467 e. The van der Waals surface area contributed by atoms with Crippen molar-refractivity contribution in [2.45, 2.75) is 33.2 Å². The number of nitrogens with one attached hydrogen (secondary N) is 1. The summed E-state index contributed by atoms with van der Waals surface area (Å²) in [7, 11) is 1.32. The second-order valence-electron chi connectivity index (χ2n) is 6.56. The van der Waals surface area contributed by atoms with Crippen molar-refractivity contribution in [3.05, 3.63) is 42.1 Å². The van der Waals surface area contributed by atoms with Gasteiger partial charge >= 0.3 is 5.97 Å². The number of amides is 1. The second kappa shape index (κ2) is 6.77. The maximum Gasteiger partial charge on any atom is 0.328 e. The minimum absolute atomic E-state index is 0.165. The van der Waals surface area contributed by atoms with Crippen LogP contribution in [0.1, 0.15) is 26.3 Å². The minimum atomic E-state index is -0.692. The highest BCUT2D eigenvalue weighted by Gasteiger charge is 2.33. The van der Waals surface area contributed by atoms with Crippen LogP contribution in [0.5, 0.6) is 0 Å². The quantitative estimate of drug-likeness (QED) is 0.880. The summed E-state index contributed by atoms with van der Waals surface area (Å²) in [6.45, 7) is 5.65. The molecule has 1 atom stereocenters. The molecule has 0 saturated heterocycles. The molecular formula is C18H22N2O3. The van der Waals surface area contributed by atoms with E-state index in [1.165, 1.54) is 7.11 Å². The Bertz CT molecular complexity index is 714. The summed E-state index contributed by atoms with van der Waals surface area (Å²) in [6, 6.07) is 8.85. The summed E-state index contributed by atoms with van der Waals surface area (Å²) < 4.78 is 4.79. The van der Waals surface area contributed by atoms with Crippen LogP contribution >= 0.6 is 0 Å². The van der Waals surface area contributed by atoms with Crippen molar-refractivity contribution < 1.29 is 14.3 Å². The zero-order valence-corrected chi connectivity index (χ0v) is 13.9. The van der Waals surface area contributed by atoms with Gasteiger partial charge in [0.2, 0.25) is 5.91 Å². The monoisotopic (exact) mass is 314 g/mol. The van der Waals surface area contributed by atoms with Crippen LogP contribution in [-0.2, 0) is 20.7 Å². The Labute approximate surface area is 136 Å². The first kappa shape index (κ1) is 16.9. The highest BCUT2D eigenvalue weighted by molar-refractivity contribution is 5.90. The van der Waals surface area contributed by atoms with Crippen molar-refractivity contribution >= 4 is 22.8 Å². The smallest absolute Gasteiger partial charge is 0.328 e. The van der Waals surface area contributed by atoms with Gasteiger partial charge in [-0.25, -0.2) is 4.79 Å². The van der Waals surface area contributed by atoms with Crippen LogP contribution in [0.15, 0.2) is 36.5 Å². The number of carbonyl (C=O) groups is 2. The standard InChI is InChI=1S/C18H22N2O3/c1-18(2,3)16(17(22)23-4)20-14(21)11-13-8-5-7-12-9-6-10-19-15(12)13/h5-10,16H,11H2,1-4H3,(H,20,21)/t16-/m1/s1. The van der Waals surface area contributed by atoms with Crippen LogP contribution in [0.25, 0.3) is 10.9 Å². The first-order chi connectivity index (χ1) is 10.8. The number of esters is 1. The number of methoxy groups -OCH3 is 1. The van der Waals surface area contributed by atoms with Gasteiger partial charge in [-0.2, -0.15) is 0 Å². The fourth-order valence-corrected chi connectivity index (χ4v) is 2.44. The predicted octanol–water partition coefficient (Wildman–Crippen LogP) is 2.48. The third-order valence-corrected chi connectivity index (χ3v) is 3.68. The number of para-hydroxylation sites is 1. The van der Waals surface area contributed by atoms with Gasteiger partial charge in [-0.3, -0.25) is 9.78 Å². The number of ether oxygens (including phenoxy) is 1. The van der Waals surface area contributed by atoms with Crippen LogP contribution in [0, 0.1) is 5.41 Å². The molecule has 1 aromatic heterocycles. The van der Waals surface area contributed by atoms with Crippen LogP contribution in [-0.4, -0.2) is 30.0 Å². The molecule has 0 aliphatic rings. The molecule has 0 unspecified atom stereocenters. The van der Waals surface area contributed by atoms with Crippen LogP contribution in [0.3, 0.4) is 0 Å². The van der Waals surface area contributed by atoms with Gasteiger partial charge in [-0.05, 0) is 17.0 Å². The molecule has 0 radical (unpaired) electrons. The number of hydrogen-bond donors (Lipinski definition) is 1. The molecule has 0 fully saturated rings. The molecule has 23 heavy (non-hydrogen) atoms. The van der Waals surface area contributed by atoms with Crippen molar-refractivity contribution in [1.29, 1.82) is 0 Å². The normalized spacial score (nSPS) is 12.7. The van der Waals surface area contributed by atoms with E-state index < -0.39 is 17.4 Å². The van der Waals surface area contributed by atoms with Crippen molar-refractivity contribution in [2.24, 2.45) is 5.41 Å². The number of hydrogen-bond acceptors (Lipinski definition) is 4. The molecule has 2 aromatic rings. The highest BCUT2D eigenvalue weighted by Crippen LogP contribution is 2.21. The topological polar surface area (TPSA) is 68.3 Å². The molecule has 0 saturated carbocycles. The minimum Gasteiger partial charge on any atom is -0.467 e. The van der Waals surface area contributed by atoms with Crippen molar-refractivity contribution in [3.8, 4) is 0 Å². The first-order valence-electron chi connectivity index (χ1n) is 7.52. The third kappa shape index (κ3) is 4.06.